The fourth-order valence-corrected chi connectivity index (χ4v) is 2.43. The lowest BCUT2D eigenvalue weighted by Crippen LogP contribution is -2.47. The van der Waals surface area contributed by atoms with Crippen molar-refractivity contribution >= 4 is 15.9 Å². The summed E-state index contributed by atoms with van der Waals surface area (Å²) in [6.07, 6.45) is 7.78. The van der Waals surface area contributed by atoms with E-state index in [1.54, 1.807) is 0 Å². The Morgan fingerprint density at radius 1 is 1.41 bits per heavy atom. The topological polar surface area (TPSA) is 38.9 Å². The Labute approximate surface area is 108 Å². The maximum Gasteiger partial charge on any atom is 0.0947 e. The van der Waals surface area contributed by atoms with Gasteiger partial charge in [-0.05, 0) is 15.9 Å². The number of halogens is 1. The van der Waals surface area contributed by atoms with E-state index in [9.17, 15) is 0 Å². The highest BCUT2D eigenvalue weighted by Crippen LogP contribution is 2.23. The van der Waals surface area contributed by atoms with Crippen LogP contribution in [-0.4, -0.2) is 37.3 Å². The monoisotopic (exact) mass is 295 g/mol. The zero-order chi connectivity index (χ0) is 11.8. The molecule has 3 rings (SSSR count). The third-order valence-electron chi connectivity index (χ3n) is 3.03. The van der Waals surface area contributed by atoms with E-state index in [2.05, 4.69) is 37.1 Å². The van der Waals surface area contributed by atoms with Gasteiger partial charge in [-0.1, -0.05) is 0 Å². The van der Waals surface area contributed by atoms with Gasteiger partial charge in [-0.2, -0.15) is 5.10 Å². The van der Waals surface area contributed by atoms with Crippen LogP contribution in [-0.2, 0) is 13.6 Å². The first-order valence-electron chi connectivity index (χ1n) is 5.59. The molecule has 3 heterocycles. The van der Waals surface area contributed by atoms with Gasteiger partial charge in [0.2, 0.25) is 0 Å². The van der Waals surface area contributed by atoms with Gasteiger partial charge in [0.05, 0.1) is 28.7 Å². The SMILES string of the molecule is Cn1cnc(CN2CC(n3cc(Br)cn3)C2)c1. The standard InChI is InChI=1S/C11H14BrN5/c1-15-4-10(13-8-15)5-16-6-11(7-16)17-3-9(12)2-14-17/h2-4,8,11H,5-7H2,1H3. The van der Waals surface area contributed by atoms with Crippen molar-refractivity contribution in [2.75, 3.05) is 13.1 Å². The lowest BCUT2D eigenvalue weighted by Gasteiger charge is -2.38. The summed E-state index contributed by atoms with van der Waals surface area (Å²) in [7, 11) is 2.00. The smallest absolute Gasteiger partial charge is 0.0947 e. The molecule has 1 saturated heterocycles. The van der Waals surface area contributed by atoms with E-state index in [4.69, 9.17) is 0 Å². The molecule has 2 aromatic heterocycles. The Kier molecular flexibility index (Phi) is 2.76. The van der Waals surface area contributed by atoms with Crippen LogP contribution in [0.4, 0.5) is 0 Å². The Morgan fingerprint density at radius 2 is 2.24 bits per heavy atom. The van der Waals surface area contributed by atoms with Crippen LogP contribution in [0.15, 0.2) is 29.4 Å². The van der Waals surface area contributed by atoms with Crippen LogP contribution in [0.3, 0.4) is 0 Å². The number of rotatable bonds is 3. The van der Waals surface area contributed by atoms with Gasteiger partial charge in [-0.25, -0.2) is 4.98 Å². The molecule has 1 aliphatic heterocycles. The molecule has 5 nitrogen and oxygen atoms in total. The van der Waals surface area contributed by atoms with Crippen LogP contribution in [0.1, 0.15) is 11.7 Å². The van der Waals surface area contributed by atoms with Crippen molar-refractivity contribution in [3.05, 3.63) is 35.1 Å². The predicted molar refractivity (Wildman–Crippen MR) is 67.4 cm³/mol. The number of likely N-dealkylation sites (tertiary alicyclic amines) is 1. The summed E-state index contributed by atoms with van der Waals surface area (Å²) >= 11 is 3.42. The third kappa shape index (κ3) is 2.28. The van der Waals surface area contributed by atoms with Gasteiger partial charge in [0.1, 0.15) is 0 Å². The van der Waals surface area contributed by atoms with Gasteiger partial charge in [-0.3, -0.25) is 9.58 Å². The zero-order valence-electron chi connectivity index (χ0n) is 9.62. The first kappa shape index (κ1) is 11.0. The fourth-order valence-electron chi connectivity index (χ4n) is 2.13. The molecule has 6 heteroatoms. The Balaban J connectivity index is 1.55. The zero-order valence-corrected chi connectivity index (χ0v) is 11.2. The third-order valence-corrected chi connectivity index (χ3v) is 3.44. The maximum absolute atomic E-state index is 4.33. The second-order valence-electron chi connectivity index (χ2n) is 4.52. The van der Waals surface area contributed by atoms with E-state index in [0.29, 0.717) is 6.04 Å². The van der Waals surface area contributed by atoms with Gasteiger partial charge in [0.25, 0.3) is 0 Å². The van der Waals surface area contributed by atoms with Crippen molar-refractivity contribution in [3.63, 3.8) is 0 Å². The quantitative estimate of drug-likeness (QED) is 0.860. The highest BCUT2D eigenvalue weighted by Gasteiger charge is 2.28. The molecule has 0 amide bonds. The van der Waals surface area contributed by atoms with Gasteiger partial charge in [0, 0.05) is 39.1 Å². The number of aryl methyl sites for hydroxylation is 1. The fraction of sp³-hybridized carbons (Fsp3) is 0.455. The number of imidazole rings is 1. The molecule has 0 unspecified atom stereocenters. The number of nitrogens with zero attached hydrogens (tertiary/aromatic N) is 5. The first-order chi connectivity index (χ1) is 8.20. The molecular weight excluding hydrogens is 282 g/mol. The highest BCUT2D eigenvalue weighted by atomic mass is 79.9. The predicted octanol–water partition coefficient (Wildman–Crippen LogP) is 1.44. The van der Waals surface area contributed by atoms with E-state index in [1.165, 1.54) is 0 Å². The summed E-state index contributed by atoms with van der Waals surface area (Å²) in [5, 5.41) is 4.31. The van der Waals surface area contributed by atoms with Gasteiger partial charge in [-0.15, -0.1) is 0 Å². The molecule has 0 saturated carbocycles. The van der Waals surface area contributed by atoms with Crippen LogP contribution < -0.4 is 0 Å². The lowest BCUT2D eigenvalue weighted by molar-refractivity contribution is 0.0896. The summed E-state index contributed by atoms with van der Waals surface area (Å²) in [4.78, 5) is 6.71. The average molecular weight is 296 g/mol. The Hall–Kier alpha value is -1.14. The second-order valence-corrected chi connectivity index (χ2v) is 5.43. The van der Waals surface area contributed by atoms with Crippen LogP contribution in [0.25, 0.3) is 0 Å². The molecule has 0 radical (unpaired) electrons. The summed E-state index contributed by atoms with van der Waals surface area (Å²) in [6, 6.07) is 0.505. The van der Waals surface area contributed by atoms with Gasteiger partial charge >= 0.3 is 0 Å². The summed E-state index contributed by atoms with van der Waals surface area (Å²) < 4.78 is 5.05. The maximum atomic E-state index is 4.33. The second kappa shape index (κ2) is 4.27. The lowest BCUT2D eigenvalue weighted by atomic mass is 10.1. The Bertz CT molecular complexity index is 511. The van der Waals surface area contributed by atoms with E-state index >= 15 is 0 Å². The minimum Gasteiger partial charge on any atom is -0.340 e. The minimum atomic E-state index is 0.505. The largest absolute Gasteiger partial charge is 0.340 e. The van der Waals surface area contributed by atoms with E-state index in [0.717, 1.165) is 29.8 Å². The van der Waals surface area contributed by atoms with Crippen molar-refractivity contribution < 1.29 is 0 Å². The molecule has 1 aliphatic rings. The van der Waals surface area contributed by atoms with Crippen molar-refractivity contribution in [2.45, 2.75) is 12.6 Å². The summed E-state index contributed by atoms with van der Waals surface area (Å²) in [6.45, 7) is 3.02. The molecule has 17 heavy (non-hydrogen) atoms. The molecule has 0 aromatic carbocycles. The summed E-state index contributed by atoms with van der Waals surface area (Å²) in [5.41, 5.74) is 1.13. The molecule has 0 bridgehead atoms. The van der Waals surface area contributed by atoms with Gasteiger partial charge < -0.3 is 4.57 Å². The molecule has 2 aromatic rings. The molecule has 0 atom stereocenters. The van der Waals surface area contributed by atoms with E-state index < -0.39 is 0 Å². The summed E-state index contributed by atoms with van der Waals surface area (Å²) in [5.74, 6) is 0. The van der Waals surface area contributed by atoms with Crippen LogP contribution in [0.2, 0.25) is 0 Å². The first-order valence-corrected chi connectivity index (χ1v) is 6.39. The molecule has 90 valence electrons. The minimum absolute atomic E-state index is 0.505. The van der Waals surface area contributed by atoms with Crippen LogP contribution >= 0.6 is 15.9 Å². The van der Waals surface area contributed by atoms with Crippen molar-refractivity contribution in [1.82, 2.24) is 24.2 Å². The number of hydrogen-bond acceptors (Lipinski definition) is 3. The van der Waals surface area contributed by atoms with E-state index in [1.807, 2.05) is 35.0 Å². The van der Waals surface area contributed by atoms with Crippen molar-refractivity contribution in [2.24, 2.45) is 7.05 Å². The normalized spacial score (nSPS) is 17.3. The molecule has 0 aliphatic carbocycles. The van der Waals surface area contributed by atoms with Crippen molar-refractivity contribution in [1.29, 1.82) is 0 Å². The molecule has 0 N–H and O–H groups in total. The number of hydrogen-bond donors (Lipinski definition) is 0. The van der Waals surface area contributed by atoms with Gasteiger partial charge in [0.15, 0.2) is 0 Å². The van der Waals surface area contributed by atoms with Crippen LogP contribution in [0.5, 0.6) is 0 Å². The van der Waals surface area contributed by atoms with E-state index in [-0.39, 0.29) is 0 Å². The highest BCUT2D eigenvalue weighted by molar-refractivity contribution is 9.10. The van der Waals surface area contributed by atoms with Crippen LogP contribution in [0, 0.1) is 0 Å². The van der Waals surface area contributed by atoms with Crippen molar-refractivity contribution in [3.8, 4) is 0 Å². The average Bonchev–Trinajstić information content (AvgIpc) is 2.81. The molecule has 0 spiro atoms. The molecular formula is C11H14BrN5. The Morgan fingerprint density at radius 3 is 2.82 bits per heavy atom. The number of aromatic nitrogens is 4. The molecule has 1 fully saturated rings.